The van der Waals surface area contributed by atoms with Crippen LogP contribution in [0.2, 0.25) is 0 Å². The minimum absolute atomic E-state index is 0.0980. The van der Waals surface area contributed by atoms with Crippen LogP contribution >= 0.6 is 11.3 Å². The molecule has 2 aliphatic heterocycles. The van der Waals surface area contributed by atoms with Crippen LogP contribution in [0.1, 0.15) is 72.0 Å². The van der Waals surface area contributed by atoms with Gasteiger partial charge in [-0.2, -0.15) is 20.2 Å². The van der Waals surface area contributed by atoms with Crippen molar-refractivity contribution in [1.29, 1.82) is 10.5 Å². The average molecular weight is 680 g/mol. The first kappa shape index (κ1) is 31.2. The molecule has 16 heteroatoms. The van der Waals surface area contributed by atoms with E-state index in [0.29, 0.717) is 48.4 Å². The molecule has 0 bridgehead atoms. The van der Waals surface area contributed by atoms with Gasteiger partial charge in [-0.15, -0.1) is 16.4 Å². The summed E-state index contributed by atoms with van der Waals surface area (Å²) in [7, 11) is 0. The second kappa shape index (κ2) is 12.4. The Morgan fingerprint density at radius 2 is 1.92 bits per heavy atom. The number of fused-ring (bicyclic) bond motifs is 4. The maximum Gasteiger partial charge on any atom is 0.346 e. The summed E-state index contributed by atoms with van der Waals surface area (Å²) in [4.78, 5) is 30.7. The Balaban J connectivity index is 1.16. The molecule has 1 amide bonds. The van der Waals surface area contributed by atoms with E-state index in [0.717, 1.165) is 97.7 Å². The van der Waals surface area contributed by atoms with Crippen molar-refractivity contribution in [3.8, 4) is 23.5 Å². The van der Waals surface area contributed by atoms with Crippen molar-refractivity contribution < 1.29 is 9.32 Å². The highest BCUT2D eigenvalue weighted by molar-refractivity contribution is 7.16. The zero-order chi connectivity index (χ0) is 33.7. The predicted octanol–water partition coefficient (Wildman–Crippen LogP) is 3.05. The summed E-state index contributed by atoms with van der Waals surface area (Å²) in [6.45, 7) is 6.78. The van der Waals surface area contributed by atoms with Gasteiger partial charge in [0.05, 0.1) is 17.2 Å². The Morgan fingerprint density at radius 3 is 2.69 bits per heavy atom. The van der Waals surface area contributed by atoms with Crippen LogP contribution < -0.4 is 20.9 Å². The number of nitrogen functional groups attached to an aromatic ring is 1. The number of nitrogens with two attached hydrogens (primary N) is 1. The van der Waals surface area contributed by atoms with Gasteiger partial charge >= 0.3 is 6.03 Å². The van der Waals surface area contributed by atoms with Crippen LogP contribution in [0, 0.1) is 22.7 Å². The standard InChI is InChI=1S/C33H37N13O2S/c1-20-18-37-9-4-10-45(20)31-38-24(15-26(39-31)43-11-13-44(14-12-43)32(47)46-19-21(16-34)40-42-46)28-22-5-2-7-33(29(22)48-41-28)8-3-6-25-27(33)23(17-35)30(36)49-25/h15,19-20,37H,2-14,18,36H2,1H3/t20-,33-/m0/s1. The topological polar surface area (TPSA) is 195 Å². The quantitative estimate of drug-likeness (QED) is 0.321. The molecule has 6 heterocycles. The van der Waals surface area contributed by atoms with Gasteiger partial charge in [-0.05, 0) is 64.0 Å². The Labute approximate surface area is 287 Å². The van der Waals surface area contributed by atoms with Gasteiger partial charge in [0.1, 0.15) is 34.3 Å². The SMILES string of the molecule is C[C@H]1CNCCCN1c1nc(-c2noc3c2CCC[C@@]32CCCc3sc(N)c(C#N)c32)cc(N2CCN(C(=O)n3cc(C#N)nn3)CC2)n1. The van der Waals surface area contributed by atoms with E-state index in [1.54, 1.807) is 4.90 Å². The van der Waals surface area contributed by atoms with E-state index in [1.807, 2.05) is 12.1 Å². The van der Waals surface area contributed by atoms with Crippen molar-refractivity contribution in [3.63, 3.8) is 0 Å². The van der Waals surface area contributed by atoms with Crippen molar-refractivity contribution in [2.24, 2.45) is 0 Å². The Morgan fingerprint density at radius 1 is 1.10 bits per heavy atom. The number of aromatic nitrogens is 6. The maximum absolute atomic E-state index is 13.1. The fourth-order valence-corrected chi connectivity index (χ4v) is 9.23. The molecule has 0 saturated carbocycles. The zero-order valence-electron chi connectivity index (χ0n) is 27.4. The summed E-state index contributed by atoms with van der Waals surface area (Å²) in [5.74, 6) is 2.26. The second-order valence-electron chi connectivity index (χ2n) is 13.3. The number of nitrogens with zero attached hydrogens (tertiary/aromatic N) is 11. The molecule has 2 fully saturated rings. The lowest BCUT2D eigenvalue weighted by molar-refractivity contribution is 0.192. The summed E-state index contributed by atoms with van der Waals surface area (Å²) >= 11 is 1.54. The molecule has 4 aromatic rings. The zero-order valence-corrected chi connectivity index (χ0v) is 28.2. The third kappa shape index (κ3) is 5.26. The van der Waals surface area contributed by atoms with E-state index in [4.69, 9.17) is 30.6 Å². The second-order valence-corrected chi connectivity index (χ2v) is 14.4. The highest BCUT2D eigenvalue weighted by Crippen LogP contribution is 2.55. The van der Waals surface area contributed by atoms with Crippen LogP contribution in [-0.2, 0) is 18.3 Å². The molecule has 0 aromatic carbocycles. The summed E-state index contributed by atoms with van der Waals surface area (Å²) < 4.78 is 7.45. The molecule has 252 valence electrons. The number of nitrogens with one attached hydrogen (secondary N) is 1. The van der Waals surface area contributed by atoms with E-state index in [2.05, 4.69) is 38.4 Å². The molecule has 4 aliphatic rings. The average Bonchev–Trinajstić information content (AvgIpc) is 3.83. The number of nitriles is 2. The van der Waals surface area contributed by atoms with Gasteiger partial charge < -0.3 is 30.3 Å². The third-order valence-electron chi connectivity index (χ3n) is 10.5. The van der Waals surface area contributed by atoms with Crippen molar-refractivity contribution >= 4 is 34.1 Å². The van der Waals surface area contributed by atoms with E-state index in [1.165, 1.54) is 22.4 Å². The molecule has 0 unspecified atom stereocenters. The third-order valence-corrected chi connectivity index (χ3v) is 11.5. The minimum Gasteiger partial charge on any atom is -0.389 e. The number of piperazine rings is 1. The Bertz CT molecular complexity index is 1990. The molecule has 2 saturated heterocycles. The normalized spacial score (nSPS) is 22.3. The van der Waals surface area contributed by atoms with E-state index >= 15 is 0 Å². The van der Waals surface area contributed by atoms with Crippen molar-refractivity contribution in [1.82, 2.24) is 40.3 Å². The number of anilines is 3. The summed E-state index contributed by atoms with van der Waals surface area (Å²) in [6.07, 6.45) is 7.77. The fourth-order valence-electron chi connectivity index (χ4n) is 8.07. The van der Waals surface area contributed by atoms with Crippen molar-refractivity contribution in [2.45, 2.75) is 63.3 Å². The number of carbonyl (C=O) groups excluding carboxylic acids is 1. The molecule has 3 N–H and O–H groups in total. The van der Waals surface area contributed by atoms with Gasteiger partial charge in [-0.25, -0.2) is 9.78 Å². The fraction of sp³-hybridized carbons (Fsp3) is 0.515. The maximum atomic E-state index is 13.1. The molecular formula is C33H37N13O2S. The van der Waals surface area contributed by atoms with Crippen LogP contribution in [0.15, 0.2) is 16.8 Å². The highest BCUT2D eigenvalue weighted by atomic mass is 32.1. The number of hydrogen-bond acceptors (Lipinski definition) is 14. The van der Waals surface area contributed by atoms with E-state index < -0.39 is 5.41 Å². The molecule has 2 atom stereocenters. The molecule has 1 spiro atoms. The van der Waals surface area contributed by atoms with Gasteiger partial charge in [0.2, 0.25) is 5.95 Å². The molecule has 4 aromatic heterocycles. The molecular weight excluding hydrogens is 643 g/mol. The smallest absolute Gasteiger partial charge is 0.346 e. The number of aryl methyl sites for hydroxylation is 1. The number of hydrogen-bond donors (Lipinski definition) is 2. The number of thiophene rings is 1. The van der Waals surface area contributed by atoms with Crippen LogP contribution in [-0.4, -0.2) is 92.9 Å². The number of rotatable bonds is 3. The first-order valence-electron chi connectivity index (χ1n) is 16.9. The number of carbonyl (C=O) groups is 1. The lowest BCUT2D eigenvalue weighted by Gasteiger charge is -2.39. The first-order valence-corrected chi connectivity index (χ1v) is 17.8. The van der Waals surface area contributed by atoms with Gasteiger partial charge in [-0.1, -0.05) is 10.4 Å². The van der Waals surface area contributed by atoms with Gasteiger partial charge in [0, 0.05) is 61.8 Å². The minimum atomic E-state index is -0.420. The Kier molecular flexibility index (Phi) is 7.92. The molecule has 0 radical (unpaired) electrons. The van der Waals surface area contributed by atoms with Crippen molar-refractivity contribution in [2.75, 3.05) is 61.3 Å². The molecule has 49 heavy (non-hydrogen) atoms. The summed E-state index contributed by atoms with van der Waals surface area (Å²) in [5, 5.41) is 35.6. The first-order chi connectivity index (χ1) is 23.9. The van der Waals surface area contributed by atoms with Gasteiger partial charge in [-0.3, -0.25) is 0 Å². The van der Waals surface area contributed by atoms with Crippen LogP contribution in [0.5, 0.6) is 0 Å². The largest absolute Gasteiger partial charge is 0.389 e. The lowest BCUT2D eigenvalue weighted by atomic mass is 9.63. The predicted molar refractivity (Wildman–Crippen MR) is 181 cm³/mol. The van der Waals surface area contributed by atoms with E-state index in [-0.39, 0.29) is 17.8 Å². The lowest BCUT2D eigenvalue weighted by Crippen LogP contribution is -2.50. The van der Waals surface area contributed by atoms with Crippen LogP contribution in [0.3, 0.4) is 0 Å². The molecule has 15 nitrogen and oxygen atoms in total. The van der Waals surface area contributed by atoms with Crippen molar-refractivity contribution in [3.05, 3.63) is 45.3 Å². The van der Waals surface area contributed by atoms with Gasteiger partial charge in [0.15, 0.2) is 11.5 Å². The van der Waals surface area contributed by atoms with Gasteiger partial charge in [0.25, 0.3) is 0 Å². The monoisotopic (exact) mass is 679 g/mol. The Hall–Kier alpha value is -5.06. The molecule has 2 aliphatic carbocycles. The molecule has 8 rings (SSSR count). The summed E-state index contributed by atoms with van der Waals surface area (Å²) in [6, 6.07) is 6.18. The summed E-state index contributed by atoms with van der Waals surface area (Å²) in [5.41, 5.74) is 10.2. The van der Waals surface area contributed by atoms with Crippen LogP contribution in [0.25, 0.3) is 11.4 Å². The number of amides is 1. The van der Waals surface area contributed by atoms with Crippen LogP contribution in [0.4, 0.5) is 21.6 Å². The van der Waals surface area contributed by atoms with E-state index in [9.17, 15) is 10.1 Å². The highest BCUT2D eigenvalue weighted by Gasteiger charge is 2.48.